The lowest BCUT2D eigenvalue weighted by Gasteiger charge is -2.35. The first-order valence-electron chi connectivity index (χ1n) is 10.5. The number of thiophene rings is 1. The highest BCUT2D eigenvalue weighted by atomic mass is 32.1. The lowest BCUT2D eigenvalue weighted by Crippen LogP contribution is -2.48. The Balaban J connectivity index is 1.48. The Morgan fingerprint density at radius 3 is 2.55 bits per heavy atom. The summed E-state index contributed by atoms with van der Waals surface area (Å²) in [4.78, 5) is 30.8. The van der Waals surface area contributed by atoms with Crippen molar-refractivity contribution in [2.45, 2.75) is 39.7 Å². The van der Waals surface area contributed by atoms with Crippen LogP contribution in [0.25, 0.3) is 0 Å². The maximum absolute atomic E-state index is 13.4. The zero-order valence-corrected chi connectivity index (χ0v) is 18.1. The molecule has 0 bridgehead atoms. The van der Waals surface area contributed by atoms with Crippen LogP contribution in [0.4, 0.5) is 5.00 Å². The molecule has 154 valence electrons. The number of benzene rings is 1. The van der Waals surface area contributed by atoms with E-state index in [-0.39, 0.29) is 11.8 Å². The third-order valence-electron chi connectivity index (χ3n) is 5.92. The van der Waals surface area contributed by atoms with Crippen molar-refractivity contribution in [1.82, 2.24) is 9.80 Å². The van der Waals surface area contributed by atoms with Gasteiger partial charge >= 0.3 is 0 Å². The topological polar surface area (TPSA) is 52.7 Å². The monoisotopic (exact) mass is 411 g/mol. The molecule has 0 saturated carbocycles. The van der Waals surface area contributed by atoms with Crippen molar-refractivity contribution in [3.8, 4) is 0 Å². The molecule has 5 nitrogen and oxygen atoms in total. The molecule has 2 aliphatic rings. The Labute approximate surface area is 176 Å². The average molecular weight is 412 g/mol. The van der Waals surface area contributed by atoms with Crippen molar-refractivity contribution in [2.24, 2.45) is 5.92 Å². The second kappa shape index (κ2) is 8.67. The third kappa shape index (κ3) is 4.54. The fourth-order valence-corrected chi connectivity index (χ4v) is 5.78. The van der Waals surface area contributed by atoms with Crippen LogP contribution in [0.3, 0.4) is 0 Å². The van der Waals surface area contributed by atoms with Gasteiger partial charge in [-0.15, -0.1) is 11.3 Å². The minimum atomic E-state index is -0.113. The molecular formula is C23H29N3O2S. The lowest BCUT2D eigenvalue weighted by molar-refractivity contribution is -0.114. The van der Waals surface area contributed by atoms with E-state index in [9.17, 15) is 9.59 Å². The molecule has 2 amide bonds. The fourth-order valence-electron chi connectivity index (χ4n) is 4.33. The van der Waals surface area contributed by atoms with Gasteiger partial charge in [0.2, 0.25) is 5.91 Å². The lowest BCUT2D eigenvalue weighted by atomic mass is 9.88. The number of hydrogen-bond acceptors (Lipinski definition) is 4. The van der Waals surface area contributed by atoms with Crippen molar-refractivity contribution in [1.29, 1.82) is 0 Å². The highest BCUT2D eigenvalue weighted by molar-refractivity contribution is 7.17. The summed E-state index contributed by atoms with van der Waals surface area (Å²) in [6.45, 7) is 7.90. The molecule has 6 heteroatoms. The van der Waals surface area contributed by atoms with E-state index < -0.39 is 0 Å². The van der Waals surface area contributed by atoms with Gasteiger partial charge in [0.05, 0.1) is 5.56 Å². The largest absolute Gasteiger partial charge is 0.336 e. The molecule has 1 aliphatic carbocycles. The minimum Gasteiger partial charge on any atom is -0.336 e. The standard InChI is InChI=1S/C23H29N3O2S/c1-16-8-9-19-20(14-16)29-22(24-17(2)27)21(19)23(28)26-12-10-25(11-13-26)15-18-6-4-3-5-7-18/h3-7,16H,8-15H2,1-2H3,(H,24,27)/t16-/m0/s1. The van der Waals surface area contributed by atoms with Crippen LogP contribution < -0.4 is 5.32 Å². The van der Waals surface area contributed by atoms with Gasteiger partial charge < -0.3 is 10.2 Å². The fraction of sp³-hybridized carbons (Fsp3) is 0.478. The van der Waals surface area contributed by atoms with Gasteiger partial charge in [-0.05, 0) is 36.3 Å². The third-order valence-corrected chi connectivity index (χ3v) is 7.09. The van der Waals surface area contributed by atoms with Gasteiger partial charge in [-0.25, -0.2) is 0 Å². The number of rotatable bonds is 4. The number of piperazine rings is 1. The van der Waals surface area contributed by atoms with Gasteiger partial charge in [0, 0.05) is 44.5 Å². The van der Waals surface area contributed by atoms with Crippen LogP contribution in [0.1, 0.15) is 46.6 Å². The maximum atomic E-state index is 13.4. The number of fused-ring (bicyclic) bond motifs is 1. The molecule has 1 fully saturated rings. The number of amides is 2. The SMILES string of the molecule is CC(=O)Nc1sc2c(c1C(=O)N1CCN(Cc3ccccc3)CC1)CC[C@H](C)C2. The van der Waals surface area contributed by atoms with E-state index >= 15 is 0 Å². The van der Waals surface area contributed by atoms with Gasteiger partial charge in [-0.3, -0.25) is 14.5 Å². The Hall–Kier alpha value is -2.18. The van der Waals surface area contributed by atoms with E-state index in [2.05, 4.69) is 41.4 Å². The van der Waals surface area contributed by atoms with E-state index in [1.165, 1.54) is 22.9 Å². The van der Waals surface area contributed by atoms with Gasteiger partial charge in [0.25, 0.3) is 5.91 Å². The van der Waals surface area contributed by atoms with Gasteiger partial charge in [0.1, 0.15) is 5.00 Å². The number of nitrogens with one attached hydrogen (secondary N) is 1. The summed E-state index contributed by atoms with van der Waals surface area (Å²) in [7, 11) is 0. The molecule has 1 aliphatic heterocycles. The molecule has 2 aromatic rings. The Kier molecular flexibility index (Phi) is 6.01. The summed E-state index contributed by atoms with van der Waals surface area (Å²) in [6.07, 6.45) is 3.04. The van der Waals surface area contributed by atoms with E-state index in [0.29, 0.717) is 5.92 Å². The first-order chi connectivity index (χ1) is 14.0. The highest BCUT2D eigenvalue weighted by Gasteiger charge is 2.31. The van der Waals surface area contributed by atoms with Gasteiger partial charge in [-0.2, -0.15) is 0 Å². The van der Waals surface area contributed by atoms with Crippen molar-refractivity contribution in [2.75, 3.05) is 31.5 Å². The molecule has 1 N–H and O–H groups in total. The Morgan fingerprint density at radius 2 is 1.86 bits per heavy atom. The summed E-state index contributed by atoms with van der Waals surface area (Å²) in [6, 6.07) is 10.5. The van der Waals surface area contributed by atoms with Crippen LogP contribution in [-0.4, -0.2) is 47.8 Å². The van der Waals surface area contributed by atoms with Crippen LogP contribution in [0.5, 0.6) is 0 Å². The Morgan fingerprint density at radius 1 is 1.14 bits per heavy atom. The highest BCUT2D eigenvalue weighted by Crippen LogP contribution is 2.40. The summed E-state index contributed by atoms with van der Waals surface area (Å²) in [5, 5.41) is 3.67. The summed E-state index contributed by atoms with van der Waals surface area (Å²) in [5.74, 6) is 0.606. The Bertz CT molecular complexity index is 885. The van der Waals surface area contributed by atoms with E-state index in [0.717, 1.165) is 62.6 Å². The second-order valence-electron chi connectivity index (χ2n) is 8.29. The first kappa shape index (κ1) is 20.1. The maximum Gasteiger partial charge on any atom is 0.257 e. The quantitative estimate of drug-likeness (QED) is 0.833. The molecule has 0 unspecified atom stereocenters. The van der Waals surface area contributed by atoms with Crippen LogP contribution in [0, 0.1) is 5.92 Å². The predicted molar refractivity (Wildman–Crippen MR) is 117 cm³/mol. The van der Waals surface area contributed by atoms with Gasteiger partial charge in [0.15, 0.2) is 0 Å². The number of hydrogen-bond donors (Lipinski definition) is 1. The van der Waals surface area contributed by atoms with Crippen molar-refractivity contribution in [3.05, 3.63) is 51.9 Å². The molecule has 1 aromatic heterocycles. The predicted octanol–water partition coefficient (Wildman–Crippen LogP) is 3.79. The number of anilines is 1. The van der Waals surface area contributed by atoms with Crippen LogP contribution in [0.2, 0.25) is 0 Å². The molecule has 0 spiro atoms. The average Bonchev–Trinajstić information content (AvgIpc) is 3.05. The molecule has 2 heterocycles. The van der Waals surface area contributed by atoms with Crippen LogP contribution in [-0.2, 0) is 24.2 Å². The molecule has 4 rings (SSSR count). The minimum absolute atomic E-state index is 0.0835. The molecular weight excluding hydrogens is 382 g/mol. The smallest absolute Gasteiger partial charge is 0.257 e. The van der Waals surface area contributed by atoms with E-state index in [1.807, 2.05) is 11.0 Å². The normalized spacial score (nSPS) is 19.7. The van der Waals surface area contributed by atoms with Crippen LogP contribution in [0.15, 0.2) is 30.3 Å². The molecule has 1 saturated heterocycles. The molecule has 1 aromatic carbocycles. The summed E-state index contributed by atoms with van der Waals surface area (Å²) in [5.41, 5.74) is 3.23. The number of nitrogens with zero attached hydrogens (tertiary/aromatic N) is 2. The molecule has 1 atom stereocenters. The second-order valence-corrected chi connectivity index (χ2v) is 9.40. The van der Waals surface area contributed by atoms with Crippen molar-refractivity contribution < 1.29 is 9.59 Å². The first-order valence-corrected chi connectivity index (χ1v) is 11.3. The summed E-state index contributed by atoms with van der Waals surface area (Å²) >= 11 is 1.60. The van der Waals surface area contributed by atoms with Crippen molar-refractivity contribution >= 4 is 28.2 Å². The van der Waals surface area contributed by atoms with E-state index in [1.54, 1.807) is 11.3 Å². The number of carbonyl (C=O) groups is 2. The summed E-state index contributed by atoms with van der Waals surface area (Å²) < 4.78 is 0. The van der Waals surface area contributed by atoms with Crippen LogP contribution >= 0.6 is 11.3 Å². The molecule has 29 heavy (non-hydrogen) atoms. The van der Waals surface area contributed by atoms with E-state index in [4.69, 9.17) is 0 Å². The number of carbonyl (C=O) groups excluding carboxylic acids is 2. The zero-order valence-electron chi connectivity index (χ0n) is 17.2. The van der Waals surface area contributed by atoms with Gasteiger partial charge in [-0.1, -0.05) is 37.3 Å². The zero-order chi connectivity index (χ0) is 20.4. The van der Waals surface area contributed by atoms with Crippen molar-refractivity contribution in [3.63, 3.8) is 0 Å². The molecule has 0 radical (unpaired) electrons.